The van der Waals surface area contributed by atoms with Gasteiger partial charge in [0.25, 0.3) is 5.56 Å². The molecule has 1 aromatic heterocycles. The van der Waals surface area contributed by atoms with Crippen molar-refractivity contribution in [2.45, 2.75) is 39.4 Å². The Labute approximate surface area is 133 Å². The maximum absolute atomic E-state index is 12.5. The van der Waals surface area contributed by atoms with Crippen LogP contribution in [0.25, 0.3) is 0 Å². The van der Waals surface area contributed by atoms with Crippen molar-refractivity contribution in [1.29, 1.82) is 5.41 Å². The second-order valence-corrected chi connectivity index (χ2v) is 6.52. The number of nitrogens with two attached hydrogens (primary N) is 1. The molecular weight excluding hydrogens is 292 g/mol. The van der Waals surface area contributed by atoms with Crippen LogP contribution in [0.2, 0.25) is 0 Å². The monoisotopic (exact) mass is 312 g/mol. The SMILES string of the molecule is CC1N=C2C(=Nc3c(N)n4n(c3=O)CCC4)C=CC(=N)C2C1C. The Bertz CT molecular complexity index is 853. The van der Waals surface area contributed by atoms with Gasteiger partial charge >= 0.3 is 0 Å². The van der Waals surface area contributed by atoms with Crippen molar-refractivity contribution in [3.63, 3.8) is 0 Å². The smallest absolute Gasteiger partial charge is 0.294 e. The molecule has 3 atom stereocenters. The summed E-state index contributed by atoms with van der Waals surface area (Å²) in [6.07, 6.45) is 4.46. The van der Waals surface area contributed by atoms with Gasteiger partial charge in [-0.25, -0.2) is 9.67 Å². The highest BCUT2D eigenvalue weighted by Gasteiger charge is 2.39. The van der Waals surface area contributed by atoms with Crippen LogP contribution in [-0.4, -0.2) is 32.5 Å². The first-order valence-electron chi connectivity index (χ1n) is 8.01. The molecule has 0 radical (unpaired) electrons. The standard InChI is InChI=1S/C16H20N6O/c1-8-9(2)19-13-11(5-4-10(17)12(8)13)20-14-15(18)21-6-3-7-22(21)16(14)23/h4-5,8-9,12,17H,3,6-7,18H2,1-2H3. The maximum Gasteiger partial charge on any atom is 0.294 e. The molecule has 0 saturated carbocycles. The number of aliphatic imine (C=N–C) groups is 2. The topological polar surface area (TPSA) is 102 Å². The first-order chi connectivity index (χ1) is 11.0. The van der Waals surface area contributed by atoms with Crippen molar-refractivity contribution in [1.82, 2.24) is 9.36 Å². The molecule has 23 heavy (non-hydrogen) atoms. The fraction of sp³-hybridized carbons (Fsp3) is 0.500. The Morgan fingerprint density at radius 3 is 2.78 bits per heavy atom. The number of allylic oxidation sites excluding steroid dienone is 2. The number of nitrogens with zero attached hydrogens (tertiary/aromatic N) is 4. The summed E-state index contributed by atoms with van der Waals surface area (Å²) in [5.41, 5.74) is 8.31. The van der Waals surface area contributed by atoms with Crippen LogP contribution in [0.3, 0.4) is 0 Å². The van der Waals surface area contributed by atoms with E-state index in [-0.39, 0.29) is 23.4 Å². The molecule has 7 heteroatoms. The zero-order valence-corrected chi connectivity index (χ0v) is 13.3. The third-order valence-electron chi connectivity index (χ3n) is 5.16. The molecule has 1 aromatic rings. The molecule has 3 N–H and O–H groups in total. The highest BCUT2D eigenvalue weighted by molar-refractivity contribution is 6.53. The molecule has 1 aliphatic carbocycles. The van der Waals surface area contributed by atoms with Gasteiger partial charge < -0.3 is 11.1 Å². The fourth-order valence-corrected chi connectivity index (χ4v) is 3.71. The first-order valence-corrected chi connectivity index (χ1v) is 8.01. The van der Waals surface area contributed by atoms with Crippen LogP contribution < -0.4 is 11.3 Å². The Kier molecular flexibility index (Phi) is 2.94. The van der Waals surface area contributed by atoms with Crippen molar-refractivity contribution in [2.24, 2.45) is 21.8 Å². The summed E-state index contributed by atoms with van der Waals surface area (Å²) in [6, 6.07) is 0.151. The lowest BCUT2D eigenvalue weighted by Gasteiger charge is -2.21. The molecule has 4 rings (SSSR count). The third kappa shape index (κ3) is 1.89. The van der Waals surface area contributed by atoms with Crippen molar-refractivity contribution in [2.75, 3.05) is 5.73 Å². The van der Waals surface area contributed by atoms with Gasteiger partial charge in [-0.3, -0.25) is 14.5 Å². The van der Waals surface area contributed by atoms with Gasteiger partial charge in [-0.15, -0.1) is 0 Å². The Hall–Kier alpha value is -2.44. The number of hydrogen-bond donors (Lipinski definition) is 2. The maximum atomic E-state index is 12.5. The average molecular weight is 312 g/mol. The molecule has 0 aromatic carbocycles. The molecule has 0 amide bonds. The number of nitrogen functional groups attached to an aromatic ring is 1. The lowest BCUT2D eigenvalue weighted by Crippen LogP contribution is -2.33. The van der Waals surface area contributed by atoms with E-state index in [9.17, 15) is 4.79 Å². The summed E-state index contributed by atoms with van der Waals surface area (Å²) in [4.78, 5) is 21.7. The van der Waals surface area contributed by atoms with E-state index in [1.54, 1.807) is 21.5 Å². The zero-order valence-electron chi connectivity index (χ0n) is 13.3. The normalized spacial score (nSPS) is 30.7. The average Bonchev–Trinajstić information content (AvgIpc) is 3.17. The van der Waals surface area contributed by atoms with Crippen LogP contribution in [0.5, 0.6) is 0 Å². The van der Waals surface area contributed by atoms with E-state index < -0.39 is 0 Å². The highest BCUT2D eigenvalue weighted by atomic mass is 16.1. The summed E-state index contributed by atoms with van der Waals surface area (Å²) in [6.45, 7) is 5.60. The van der Waals surface area contributed by atoms with Gasteiger partial charge in [0.15, 0.2) is 11.5 Å². The molecule has 0 bridgehead atoms. The Balaban J connectivity index is 1.84. The van der Waals surface area contributed by atoms with E-state index in [4.69, 9.17) is 11.1 Å². The first kappa shape index (κ1) is 14.2. The van der Waals surface area contributed by atoms with Crippen LogP contribution in [0.1, 0.15) is 20.3 Å². The molecule has 3 aliphatic rings. The van der Waals surface area contributed by atoms with E-state index in [1.807, 2.05) is 0 Å². The zero-order chi connectivity index (χ0) is 16.3. The molecule has 7 nitrogen and oxygen atoms in total. The lowest BCUT2D eigenvalue weighted by atomic mass is 9.80. The van der Waals surface area contributed by atoms with Crippen LogP contribution >= 0.6 is 0 Å². The fourth-order valence-electron chi connectivity index (χ4n) is 3.71. The number of hydrogen-bond acceptors (Lipinski definition) is 5. The molecule has 0 fully saturated rings. The number of anilines is 1. The quantitative estimate of drug-likeness (QED) is 0.818. The van der Waals surface area contributed by atoms with Crippen molar-refractivity contribution in [3.8, 4) is 0 Å². The van der Waals surface area contributed by atoms with Gasteiger partial charge in [0, 0.05) is 24.7 Å². The van der Waals surface area contributed by atoms with Gasteiger partial charge in [0.2, 0.25) is 0 Å². The Morgan fingerprint density at radius 1 is 1.30 bits per heavy atom. The predicted molar refractivity (Wildman–Crippen MR) is 91.2 cm³/mol. The predicted octanol–water partition coefficient (Wildman–Crippen LogP) is 1.39. The minimum atomic E-state index is -0.141. The summed E-state index contributed by atoms with van der Waals surface area (Å²) in [5, 5.41) is 8.15. The van der Waals surface area contributed by atoms with Crippen LogP contribution in [0.15, 0.2) is 26.9 Å². The Morgan fingerprint density at radius 2 is 2.04 bits per heavy atom. The van der Waals surface area contributed by atoms with Gasteiger partial charge in [-0.2, -0.15) is 0 Å². The lowest BCUT2D eigenvalue weighted by molar-refractivity contribution is 0.494. The van der Waals surface area contributed by atoms with Crippen LogP contribution in [0.4, 0.5) is 11.5 Å². The van der Waals surface area contributed by atoms with Gasteiger partial charge in [-0.1, -0.05) is 6.92 Å². The van der Waals surface area contributed by atoms with Gasteiger partial charge in [0.05, 0.1) is 17.5 Å². The number of aromatic nitrogens is 2. The van der Waals surface area contributed by atoms with Crippen molar-refractivity contribution in [3.05, 3.63) is 22.5 Å². The summed E-state index contributed by atoms with van der Waals surface area (Å²) in [5.74, 6) is 0.655. The van der Waals surface area contributed by atoms with Gasteiger partial charge in [0.1, 0.15) is 0 Å². The second kappa shape index (κ2) is 4.78. The third-order valence-corrected chi connectivity index (χ3v) is 5.16. The van der Waals surface area contributed by atoms with Crippen LogP contribution in [0, 0.1) is 17.2 Å². The summed E-state index contributed by atoms with van der Waals surface area (Å²) < 4.78 is 3.46. The largest absolute Gasteiger partial charge is 0.382 e. The molecule has 0 saturated heterocycles. The number of fused-ring (bicyclic) bond motifs is 2. The highest BCUT2D eigenvalue weighted by Crippen LogP contribution is 2.32. The molecule has 3 unspecified atom stereocenters. The summed E-state index contributed by atoms with van der Waals surface area (Å²) in [7, 11) is 0. The molecule has 2 aliphatic heterocycles. The number of rotatable bonds is 1. The second-order valence-electron chi connectivity index (χ2n) is 6.52. The van der Waals surface area contributed by atoms with Crippen LogP contribution in [-0.2, 0) is 13.1 Å². The van der Waals surface area contributed by atoms with Gasteiger partial charge in [-0.05, 0) is 31.4 Å². The molecule has 0 spiro atoms. The van der Waals surface area contributed by atoms with E-state index in [2.05, 4.69) is 23.8 Å². The van der Waals surface area contributed by atoms with E-state index in [0.717, 1.165) is 18.7 Å². The van der Waals surface area contributed by atoms with E-state index >= 15 is 0 Å². The van der Waals surface area contributed by atoms with Crippen molar-refractivity contribution >= 4 is 28.6 Å². The minimum absolute atomic E-state index is 0.0350. The van der Waals surface area contributed by atoms with E-state index in [0.29, 0.717) is 29.5 Å². The summed E-state index contributed by atoms with van der Waals surface area (Å²) >= 11 is 0. The molecular formula is C16H20N6O. The minimum Gasteiger partial charge on any atom is -0.382 e. The van der Waals surface area contributed by atoms with Crippen molar-refractivity contribution < 1.29 is 0 Å². The number of nitrogens with one attached hydrogen (secondary N) is 1. The molecule has 3 heterocycles. The van der Waals surface area contributed by atoms with E-state index in [1.165, 1.54) is 0 Å². The molecule has 120 valence electrons.